The molecular formula is C16H18BrNO2S. The van der Waals surface area contributed by atoms with Gasteiger partial charge in [0.05, 0.1) is 10.6 Å². The number of benzene rings is 2. The van der Waals surface area contributed by atoms with Crippen LogP contribution in [0.5, 0.6) is 0 Å². The molecule has 21 heavy (non-hydrogen) atoms. The molecule has 2 rings (SSSR count). The Morgan fingerprint density at radius 2 is 1.67 bits per heavy atom. The predicted octanol–water partition coefficient (Wildman–Crippen LogP) is 4.28. The third-order valence-electron chi connectivity index (χ3n) is 3.53. The summed E-state index contributed by atoms with van der Waals surface area (Å²) in [6.07, 6.45) is 0. The van der Waals surface area contributed by atoms with Gasteiger partial charge < -0.3 is 0 Å². The second kappa shape index (κ2) is 6.20. The van der Waals surface area contributed by atoms with Crippen molar-refractivity contribution in [1.29, 1.82) is 0 Å². The van der Waals surface area contributed by atoms with E-state index in [4.69, 9.17) is 0 Å². The third-order valence-corrected chi connectivity index (χ3v) is 5.97. The van der Waals surface area contributed by atoms with Gasteiger partial charge in [0.15, 0.2) is 0 Å². The molecule has 0 heterocycles. The lowest BCUT2D eigenvalue weighted by Crippen LogP contribution is -2.31. The monoisotopic (exact) mass is 367 g/mol. The van der Waals surface area contributed by atoms with Crippen LogP contribution < -0.4 is 4.31 Å². The average Bonchev–Trinajstić information content (AvgIpc) is 2.44. The van der Waals surface area contributed by atoms with Gasteiger partial charge in [0.1, 0.15) is 0 Å². The molecule has 0 saturated carbocycles. The number of hydrogen-bond donors (Lipinski definition) is 0. The Morgan fingerprint density at radius 3 is 2.24 bits per heavy atom. The van der Waals surface area contributed by atoms with Crippen LogP contribution in [-0.2, 0) is 10.0 Å². The van der Waals surface area contributed by atoms with Gasteiger partial charge in [-0.1, -0.05) is 28.1 Å². The number of sulfonamides is 1. The molecule has 0 fully saturated rings. The first-order valence-corrected chi connectivity index (χ1v) is 8.95. The van der Waals surface area contributed by atoms with Gasteiger partial charge in [-0.15, -0.1) is 0 Å². The number of anilines is 1. The van der Waals surface area contributed by atoms with Gasteiger partial charge in [-0.3, -0.25) is 4.31 Å². The molecule has 0 amide bonds. The fourth-order valence-electron chi connectivity index (χ4n) is 2.21. The van der Waals surface area contributed by atoms with E-state index in [1.165, 1.54) is 4.31 Å². The molecule has 0 radical (unpaired) electrons. The van der Waals surface area contributed by atoms with Crippen LogP contribution in [0.25, 0.3) is 0 Å². The quantitative estimate of drug-likeness (QED) is 0.808. The summed E-state index contributed by atoms with van der Waals surface area (Å²) in [5.41, 5.74) is 2.80. The Morgan fingerprint density at radius 1 is 1.05 bits per heavy atom. The molecule has 2 aromatic rings. The lowest BCUT2D eigenvalue weighted by molar-refractivity contribution is 0.591. The highest BCUT2D eigenvalue weighted by atomic mass is 79.9. The van der Waals surface area contributed by atoms with Crippen molar-refractivity contribution >= 4 is 31.6 Å². The first-order chi connectivity index (χ1) is 9.87. The smallest absolute Gasteiger partial charge is 0.264 e. The maximum atomic E-state index is 12.8. The van der Waals surface area contributed by atoms with E-state index in [2.05, 4.69) is 15.9 Å². The van der Waals surface area contributed by atoms with Crippen LogP contribution in [0.15, 0.2) is 51.8 Å². The molecule has 2 aromatic carbocycles. The van der Waals surface area contributed by atoms with Gasteiger partial charge in [0.25, 0.3) is 10.0 Å². The fourth-order valence-corrected chi connectivity index (χ4v) is 4.00. The summed E-state index contributed by atoms with van der Waals surface area (Å²) in [6, 6.07) is 12.4. The zero-order valence-electron chi connectivity index (χ0n) is 12.3. The number of hydrogen-bond acceptors (Lipinski definition) is 2. The van der Waals surface area contributed by atoms with Gasteiger partial charge in [-0.2, -0.15) is 0 Å². The van der Waals surface area contributed by atoms with Gasteiger partial charge in [-0.05, 0) is 62.2 Å². The van der Waals surface area contributed by atoms with Gasteiger partial charge in [-0.25, -0.2) is 8.42 Å². The largest absolute Gasteiger partial charge is 0.266 e. The molecule has 0 aliphatic rings. The van der Waals surface area contributed by atoms with Crippen LogP contribution in [-0.4, -0.2) is 15.0 Å². The van der Waals surface area contributed by atoms with Crippen LogP contribution in [0.1, 0.15) is 18.1 Å². The third kappa shape index (κ3) is 3.14. The number of aryl methyl sites for hydroxylation is 1. The second-order valence-corrected chi connectivity index (χ2v) is 7.62. The molecule has 0 spiro atoms. The minimum atomic E-state index is -3.55. The van der Waals surface area contributed by atoms with Crippen LogP contribution in [0, 0.1) is 13.8 Å². The Balaban J connectivity index is 2.54. The minimum Gasteiger partial charge on any atom is -0.266 e. The summed E-state index contributed by atoms with van der Waals surface area (Å²) in [4.78, 5) is 0.299. The first kappa shape index (κ1) is 16.0. The molecule has 112 valence electrons. The first-order valence-electron chi connectivity index (χ1n) is 6.72. The Labute approximate surface area is 134 Å². The summed E-state index contributed by atoms with van der Waals surface area (Å²) < 4.78 is 28.0. The second-order valence-electron chi connectivity index (χ2n) is 4.84. The van der Waals surface area contributed by atoms with Crippen molar-refractivity contribution in [3.63, 3.8) is 0 Å². The van der Waals surface area contributed by atoms with Crippen molar-refractivity contribution in [2.24, 2.45) is 0 Å². The molecule has 3 nitrogen and oxygen atoms in total. The van der Waals surface area contributed by atoms with Crippen molar-refractivity contribution in [3.8, 4) is 0 Å². The summed E-state index contributed by atoms with van der Waals surface area (Å²) in [5, 5.41) is 0. The van der Waals surface area contributed by atoms with E-state index >= 15 is 0 Å². The predicted molar refractivity (Wildman–Crippen MR) is 90.3 cm³/mol. The summed E-state index contributed by atoms with van der Waals surface area (Å²) in [5.74, 6) is 0. The van der Waals surface area contributed by atoms with Gasteiger partial charge in [0.2, 0.25) is 0 Å². The fraction of sp³-hybridized carbons (Fsp3) is 0.250. The van der Waals surface area contributed by atoms with Crippen molar-refractivity contribution in [3.05, 3.63) is 58.1 Å². The minimum absolute atomic E-state index is 0.299. The van der Waals surface area contributed by atoms with E-state index in [1.54, 1.807) is 24.3 Å². The van der Waals surface area contributed by atoms with E-state index < -0.39 is 10.0 Å². The molecular weight excluding hydrogens is 350 g/mol. The lowest BCUT2D eigenvalue weighted by Gasteiger charge is -2.25. The summed E-state index contributed by atoms with van der Waals surface area (Å²) >= 11 is 3.32. The molecule has 0 N–H and O–H groups in total. The van der Waals surface area contributed by atoms with Crippen molar-refractivity contribution < 1.29 is 8.42 Å². The van der Waals surface area contributed by atoms with Crippen molar-refractivity contribution in [1.82, 2.24) is 0 Å². The average molecular weight is 368 g/mol. The summed E-state index contributed by atoms with van der Waals surface area (Å²) in [7, 11) is -3.55. The van der Waals surface area contributed by atoms with Gasteiger partial charge >= 0.3 is 0 Å². The molecule has 0 atom stereocenters. The standard InChI is InChI=1S/C16H18BrNO2S/c1-4-18(16-7-5-6-12(2)13(16)3)21(19,20)15-10-8-14(17)9-11-15/h5-11H,4H2,1-3H3. The molecule has 0 unspecified atom stereocenters. The Bertz CT molecular complexity index is 739. The molecule has 0 saturated heterocycles. The SMILES string of the molecule is CCN(c1cccc(C)c1C)S(=O)(=O)c1ccc(Br)cc1. The molecule has 0 aliphatic carbocycles. The number of nitrogens with zero attached hydrogens (tertiary/aromatic N) is 1. The van der Waals surface area contributed by atoms with Crippen LogP contribution >= 0.6 is 15.9 Å². The number of halogens is 1. The van der Waals surface area contributed by atoms with E-state index in [9.17, 15) is 8.42 Å². The van der Waals surface area contributed by atoms with E-state index in [0.29, 0.717) is 11.4 Å². The van der Waals surface area contributed by atoms with Crippen LogP contribution in [0.3, 0.4) is 0 Å². The topological polar surface area (TPSA) is 37.4 Å². The highest BCUT2D eigenvalue weighted by Gasteiger charge is 2.24. The summed E-state index contributed by atoms with van der Waals surface area (Å²) in [6.45, 7) is 6.17. The molecule has 0 bridgehead atoms. The molecule has 0 aromatic heterocycles. The highest BCUT2D eigenvalue weighted by Crippen LogP contribution is 2.28. The highest BCUT2D eigenvalue weighted by molar-refractivity contribution is 9.10. The Kier molecular flexibility index (Phi) is 4.74. The Hall–Kier alpha value is -1.33. The zero-order chi connectivity index (χ0) is 15.6. The van der Waals surface area contributed by atoms with E-state index in [1.807, 2.05) is 39.0 Å². The van der Waals surface area contributed by atoms with Crippen LogP contribution in [0.4, 0.5) is 5.69 Å². The number of rotatable bonds is 4. The van der Waals surface area contributed by atoms with E-state index in [-0.39, 0.29) is 0 Å². The zero-order valence-corrected chi connectivity index (χ0v) is 14.7. The maximum Gasteiger partial charge on any atom is 0.264 e. The van der Waals surface area contributed by atoms with Crippen LogP contribution in [0.2, 0.25) is 0 Å². The maximum absolute atomic E-state index is 12.8. The van der Waals surface area contributed by atoms with Crippen molar-refractivity contribution in [2.75, 3.05) is 10.8 Å². The van der Waals surface area contributed by atoms with E-state index in [0.717, 1.165) is 21.3 Å². The molecule has 0 aliphatic heterocycles. The van der Waals surface area contributed by atoms with Gasteiger partial charge in [0, 0.05) is 11.0 Å². The molecule has 5 heteroatoms. The lowest BCUT2D eigenvalue weighted by atomic mass is 10.1. The van der Waals surface area contributed by atoms with Crippen molar-refractivity contribution in [2.45, 2.75) is 25.7 Å². The normalized spacial score (nSPS) is 11.4.